The number of carbonyl (C=O) groups is 2. The van der Waals surface area contributed by atoms with Crippen LogP contribution in [-0.2, 0) is 16.0 Å². The van der Waals surface area contributed by atoms with Crippen LogP contribution in [0.1, 0.15) is 37.7 Å². The van der Waals surface area contributed by atoms with Gasteiger partial charge in [0.15, 0.2) is 11.6 Å². The molecule has 0 saturated carbocycles. The Hall–Kier alpha value is -2.02. The van der Waals surface area contributed by atoms with Gasteiger partial charge in [0, 0.05) is 31.7 Å². The Morgan fingerprint density at radius 3 is 2.67 bits per heavy atom. The molecule has 0 unspecified atom stereocenters. The van der Waals surface area contributed by atoms with Gasteiger partial charge in [0.25, 0.3) is 0 Å². The standard InChI is InChI=1S/C23H31F2N3O2/c1-26-11-6-17(7-12-26)15-27-13-9-23(22(27)30)8-3-10-28(16-23)20(29)14-18-4-2-5-19(24)21(18)25/h2,4-5,17H,3,6-16H2,1H3/t23-/m1/s1. The average molecular weight is 420 g/mol. The van der Waals surface area contributed by atoms with Gasteiger partial charge >= 0.3 is 0 Å². The minimum absolute atomic E-state index is 0.0706. The van der Waals surface area contributed by atoms with Gasteiger partial charge < -0.3 is 14.7 Å². The Bertz CT molecular complexity index is 810. The Balaban J connectivity index is 1.38. The van der Waals surface area contributed by atoms with E-state index in [2.05, 4.69) is 11.9 Å². The molecular formula is C23H31F2N3O2. The zero-order valence-electron chi connectivity index (χ0n) is 17.7. The van der Waals surface area contributed by atoms with E-state index in [0.29, 0.717) is 19.0 Å². The third-order valence-corrected chi connectivity index (χ3v) is 7.22. The van der Waals surface area contributed by atoms with Crippen LogP contribution in [0.4, 0.5) is 8.78 Å². The lowest BCUT2D eigenvalue weighted by atomic mass is 9.78. The molecule has 164 valence electrons. The molecule has 3 heterocycles. The van der Waals surface area contributed by atoms with E-state index in [0.717, 1.165) is 64.3 Å². The highest BCUT2D eigenvalue weighted by molar-refractivity contribution is 5.87. The lowest BCUT2D eigenvalue weighted by Gasteiger charge is -2.39. The molecular weight excluding hydrogens is 388 g/mol. The van der Waals surface area contributed by atoms with Crippen molar-refractivity contribution in [2.45, 2.75) is 38.5 Å². The predicted octanol–water partition coefficient (Wildman–Crippen LogP) is 2.69. The maximum absolute atomic E-state index is 14.0. The summed E-state index contributed by atoms with van der Waals surface area (Å²) in [6.45, 7) is 4.70. The highest BCUT2D eigenvalue weighted by Crippen LogP contribution is 2.41. The first-order valence-electron chi connectivity index (χ1n) is 11.1. The van der Waals surface area contributed by atoms with Crippen LogP contribution in [0.3, 0.4) is 0 Å². The van der Waals surface area contributed by atoms with Crippen molar-refractivity contribution in [2.24, 2.45) is 11.3 Å². The zero-order valence-corrected chi connectivity index (χ0v) is 17.7. The lowest BCUT2D eigenvalue weighted by molar-refractivity contribution is -0.143. The van der Waals surface area contributed by atoms with Crippen LogP contribution in [0, 0.1) is 23.0 Å². The van der Waals surface area contributed by atoms with E-state index in [9.17, 15) is 18.4 Å². The number of hydrogen-bond donors (Lipinski definition) is 0. The smallest absolute Gasteiger partial charge is 0.230 e. The summed E-state index contributed by atoms with van der Waals surface area (Å²) >= 11 is 0. The maximum Gasteiger partial charge on any atom is 0.230 e. The van der Waals surface area contributed by atoms with E-state index >= 15 is 0 Å². The molecule has 1 aromatic rings. The molecule has 3 saturated heterocycles. The van der Waals surface area contributed by atoms with Crippen LogP contribution < -0.4 is 0 Å². The Labute approximate surface area is 177 Å². The van der Waals surface area contributed by atoms with E-state index in [1.165, 1.54) is 12.1 Å². The minimum Gasteiger partial charge on any atom is -0.342 e. The van der Waals surface area contributed by atoms with E-state index < -0.39 is 17.0 Å². The van der Waals surface area contributed by atoms with Gasteiger partial charge in [-0.05, 0) is 64.2 Å². The first-order chi connectivity index (χ1) is 14.4. The second-order valence-corrected chi connectivity index (χ2v) is 9.34. The van der Waals surface area contributed by atoms with Crippen LogP contribution in [0.5, 0.6) is 0 Å². The fourth-order valence-electron chi connectivity index (χ4n) is 5.31. The molecule has 0 aliphatic carbocycles. The molecule has 2 amide bonds. The van der Waals surface area contributed by atoms with E-state index in [4.69, 9.17) is 0 Å². The normalized spacial score (nSPS) is 26.0. The van der Waals surface area contributed by atoms with Crippen molar-refractivity contribution in [3.8, 4) is 0 Å². The minimum atomic E-state index is -0.959. The summed E-state index contributed by atoms with van der Waals surface area (Å²) in [4.78, 5) is 32.2. The van der Waals surface area contributed by atoms with E-state index in [-0.39, 0.29) is 23.8 Å². The number of benzene rings is 1. The Morgan fingerprint density at radius 2 is 1.90 bits per heavy atom. The van der Waals surface area contributed by atoms with Crippen molar-refractivity contribution in [3.05, 3.63) is 35.4 Å². The largest absolute Gasteiger partial charge is 0.342 e. The summed E-state index contributed by atoms with van der Waals surface area (Å²) in [5.41, 5.74) is -0.430. The van der Waals surface area contributed by atoms with Gasteiger partial charge in [-0.25, -0.2) is 8.78 Å². The van der Waals surface area contributed by atoms with Gasteiger partial charge in [-0.1, -0.05) is 12.1 Å². The number of amides is 2. The maximum atomic E-state index is 14.0. The molecule has 1 spiro atoms. The number of likely N-dealkylation sites (tertiary alicyclic amines) is 3. The second kappa shape index (κ2) is 8.61. The molecule has 1 atom stereocenters. The molecule has 30 heavy (non-hydrogen) atoms. The fourth-order valence-corrected chi connectivity index (χ4v) is 5.31. The summed E-state index contributed by atoms with van der Waals surface area (Å²) in [7, 11) is 2.13. The summed E-state index contributed by atoms with van der Waals surface area (Å²) in [6.07, 6.45) is 4.41. The summed E-state index contributed by atoms with van der Waals surface area (Å²) < 4.78 is 27.4. The zero-order chi connectivity index (χ0) is 21.3. The molecule has 5 nitrogen and oxygen atoms in total. The summed E-state index contributed by atoms with van der Waals surface area (Å²) in [6, 6.07) is 3.91. The van der Waals surface area contributed by atoms with Gasteiger partial charge in [0.2, 0.25) is 11.8 Å². The molecule has 0 radical (unpaired) electrons. The number of carbonyl (C=O) groups excluding carboxylic acids is 2. The molecule has 0 N–H and O–H groups in total. The highest BCUT2D eigenvalue weighted by Gasteiger charge is 2.49. The first kappa shape index (κ1) is 21.2. The fraction of sp³-hybridized carbons (Fsp3) is 0.652. The third-order valence-electron chi connectivity index (χ3n) is 7.22. The van der Waals surface area contributed by atoms with Gasteiger partial charge in [-0.15, -0.1) is 0 Å². The molecule has 3 aliphatic rings. The highest BCUT2D eigenvalue weighted by atomic mass is 19.2. The van der Waals surface area contributed by atoms with Gasteiger partial charge in [-0.3, -0.25) is 9.59 Å². The molecule has 3 aliphatic heterocycles. The van der Waals surface area contributed by atoms with E-state index in [1.807, 2.05) is 4.90 Å². The molecule has 7 heteroatoms. The first-order valence-corrected chi connectivity index (χ1v) is 11.1. The number of nitrogens with zero attached hydrogens (tertiary/aromatic N) is 3. The Kier molecular flexibility index (Phi) is 6.09. The van der Waals surface area contributed by atoms with Crippen molar-refractivity contribution in [1.29, 1.82) is 0 Å². The second-order valence-electron chi connectivity index (χ2n) is 9.34. The van der Waals surface area contributed by atoms with Gasteiger partial charge in [0.05, 0.1) is 11.8 Å². The SMILES string of the molecule is CN1CCC(CN2CC[C@@]3(CCCN(C(=O)Cc4cccc(F)c4F)C3)C2=O)CC1. The van der Waals surface area contributed by atoms with Gasteiger partial charge in [0.1, 0.15) is 0 Å². The van der Waals surface area contributed by atoms with Crippen LogP contribution in [0.15, 0.2) is 18.2 Å². The van der Waals surface area contributed by atoms with Crippen molar-refractivity contribution in [3.63, 3.8) is 0 Å². The van der Waals surface area contributed by atoms with Crippen molar-refractivity contribution in [1.82, 2.24) is 14.7 Å². The van der Waals surface area contributed by atoms with Crippen molar-refractivity contribution in [2.75, 3.05) is 46.3 Å². The molecule has 3 fully saturated rings. The van der Waals surface area contributed by atoms with Crippen molar-refractivity contribution >= 4 is 11.8 Å². The van der Waals surface area contributed by atoms with Crippen LogP contribution in [0.2, 0.25) is 0 Å². The molecule has 1 aromatic carbocycles. The molecule has 0 aromatic heterocycles. The van der Waals surface area contributed by atoms with Crippen LogP contribution in [-0.4, -0.2) is 72.8 Å². The Morgan fingerprint density at radius 1 is 1.13 bits per heavy atom. The molecule has 4 rings (SSSR count). The summed E-state index contributed by atoms with van der Waals surface area (Å²) in [5.74, 6) is -1.40. The number of piperidine rings is 2. The quantitative estimate of drug-likeness (QED) is 0.754. The number of rotatable bonds is 4. The third kappa shape index (κ3) is 4.22. The lowest BCUT2D eigenvalue weighted by Crippen LogP contribution is -2.50. The summed E-state index contributed by atoms with van der Waals surface area (Å²) in [5, 5.41) is 0. The van der Waals surface area contributed by atoms with E-state index in [1.54, 1.807) is 4.90 Å². The predicted molar refractivity (Wildman–Crippen MR) is 110 cm³/mol. The topological polar surface area (TPSA) is 43.9 Å². The average Bonchev–Trinajstić information content (AvgIpc) is 3.02. The van der Waals surface area contributed by atoms with Gasteiger partial charge in [-0.2, -0.15) is 0 Å². The van der Waals surface area contributed by atoms with Crippen molar-refractivity contribution < 1.29 is 18.4 Å². The number of hydrogen-bond acceptors (Lipinski definition) is 3. The number of halogens is 2. The van der Waals surface area contributed by atoms with Crippen LogP contribution in [0.25, 0.3) is 0 Å². The van der Waals surface area contributed by atoms with Crippen LogP contribution >= 0.6 is 0 Å². The monoisotopic (exact) mass is 419 g/mol. The molecule has 0 bridgehead atoms.